The van der Waals surface area contributed by atoms with Crippen LogP contribution in [0.2, 0.25) is 0 Å². The molecule has 0 saturated heterocycles. The lowest BCUT2D eigenvalue weighted by atomic mass is 9.85. The number of nitrogens with zero attached hydrogens (tertiary/aromatic N) is 2. The van der Waals surface area contributed by atoms with Gasteiger partial charge in [0.25, 0.3) is 0 Å². The number of halogens is 2. The first kappa shape index (κ1) is 21.8. The summed E-state index contributed by atoms with van der Waals surface area (Å²) in [4.78, 5) is 20.3. The molecular formula is C26H25F2N3O. The molecule has 0 aliphatic heterocycles. The van der Waals surface area contributed by atoms with E-state index in [0.717, 1.165) is 42.4 Å². The van der Waals surface area contributed by atoms with E-state index >= 15 is 0 Å². The number of hydrogen-bond donors (Lipinski definition) is 1. The Hall–Kier alpha value is -3.41. The molecule has 0 spiro atoms. The zero-order valence-electron chi connectivity index (χ0n) is 17.7. The first-order valence-electron chi connectivity index (χ1n) is 10.8. The zero-order chi connectivity index (χ0) is 22.4. The number of nitrogens with one attached hydrogen (secondary N) is 1. The highest BCUT2D eigenvalue weighted by Gasteiger charge is 2.55. The van der Waals surface area contributed by atoms with Gasteiger partial charge in [0.2, 0.25) is 5.91 Å². The van der Waals surface area contributed by atoms with Crippen LogP contribution in [-0.4, -0.2) is 22.4 Å². The third kappa shape index (κ3) is 5.07. The number of amides is 1. The molecule has 1 saturated carbocycles. The van der Waals surface area contributed by atoms with Gasteiger partial charge in [0.15, 0.2) is 0 Å². The van der Waals surface area contributed by atoms with E-state index in [2.05, 4.69) is 15.3 Å². The van der Waals surface area contributed by atoms with Crippen molar-refractivity contribution in [3.8, 4) is 0 Å². The van der Waals surface area contributed by atoms with Crippen molar-refractivity contribution in [2.45, 2.75) is 31.1 Å². The van der Waals surface area contributed by atoms with Crippen molar-refractivity contribution in [1.29, 1.82) is 0 Å². The van der Waals surface area contributed by atoms with Crippen LogP contribution in [0.5, 0.6) is 0 Å². The number of rotatable bonds is 9. The van der Waals surface area contributed by atoms with Crippen LogP contribution in [-0.2, 0) is 16.6 Å². The van der Waals surface area contributed by atoms with E-state index in [1.165, 1.54) is 30.6 Å². The van der Waals surface area contributed by atoms with Gasteiger partial charge in [-0.05, 0) is 78.6 Å². The fourth-order valence-corrected chi connectivity index (χ4v) is 4.23. The number of allylic oxidation sites excluding steroid dienone is 1. The Kier molecular flexibility index (Phi) is 6.69. The first-order valence-corrected chi connectivity index (χ1v) is 10.8. The average molecular weight is 434 g/mol. The summed E-state index contributed by atoms with van der Waals surface area (Å²) in [6.07, 6.45) is 12.1. The molecule has 3 aromatic rings. The van der Waals surface area contributed by atoms with Crippen molar-refractivity contribution in [3.05, 3.63) is 108 Å². The summed E-state index contributed by atoms with van der Waals surface area (Å²) in [6.45, 7) is 0.600. The Balaban J connectivity index is 1.33. The molecule has 2 aromatic carbocycles. The van der Waals surface area contributed by atoms with Crippen molar-refractivity contribution < 1.29 is 13.6 Å². The number of carbonyl (C=O) groups is 1. The van der Waals surface area contributed by atoms with Crippen LogP contribution < -0.4 is 5.32 Å². The quantitative estimate of drug-likeness (QED) is 0.391. The number of carbonyl (C=O) groups excluding carboxylic acids is 1. The Morgan fingerprint density at radius 2 is 1.56 bits per heavy atom. The van der Waals surface area contributed by atoms with Gasteiger partial charge in [0, 0.05) is 24.4 Å². The van der Waals surface area contributed by atoms with E-state index in [4.69, 9.17) is 0 Å². The molecular weight excluding hydrogens is 408 g/mol. The molecule has 1 N–H and O–H groups in total. The van der Waals surface area contributed by atoms with Crippen LogP contribution >= 0.6 is 0 Å². The Morgan fingerprint density at radius 1 is 0.969 bits per heavy atom. The average Bonchev–Trinajstić information content (AvgIpc) is 3.54. The van der Waals surface area contributed by atoms with Crippen LogP contribution in [0.4, 0.5) is 8.78 Å². The summed E-state index contributed by atoms with van der Waals surface area (Å²) in [5.74, 6) is -0.640. The minimum atomic E-state index is -0.365. The molecule has 32 heavy (non-hydrogen) atoms. The predicted molar refractivity (Wildman–Crippen MR) is 119 cm³/mol. The van der Waals surface area contributed by atoms with Crippen LogP contribution in [0.1, 0.15) is 36.0 Å². The topological polar surface area (TPSA) is 54.9 Å². The summed E-state index contributed by atoms with van der Waals surface area (Å²) in [5, 5.41) is 2.92. The molecule has 6 heteroatoms. The maximum atomic E-state index is 13.4. The van der Waals surface area contributed by atoms with Gasteiger partial charge in [-0.25, -0.2) is 18.7 Å². The van der Waals surface area contributed by atoms with E-state index in [1.807, 2.05) is 6.08 Å². The fraction of sp³-hybridized carbons (Fsp3) is 0.269. The normalized spacial score (nSPS) is 16.8. The predicted octanol–water partition coefficient (Wildman–Crippen LogP) is 4.76. The summed E-state index contributed by atoms with van der Waals surface area (Å²) < 4.78 is 26.9. The van der Waals surface area contributed by atoms with Crippen molar-refractivity contribution >= 4 is 5.91 Å². The largest absolute Gasteiger partial charge is 0.353 e. The summed E-state index contributed by atoms with van der Waals surface area (Å²) in [6, 6.07) is 12.8. The number of hydrogen-bond acceptors (Lipinski definition) is 3. The molecule has 0 bridgehead atoms. The lowest BCUT2D eigenvalue weighted by molar-refractivity contribution is -0.116. The lowest BCUT2D eigenvalue weighted by Gasteiger charge is -2.18. The highest BCUT2D eigenvalue weighted by atomic mass is 19.1. The van der Waals surface area contributed by atoms with Crippen molar-refractivity contribution in [3.63, 3.8) is 0 Å². The highest BCUT2D eigenvalue weighted by Crippen LogP contribution is 2.59. The maximum Gasteiger partial charge on any atom is 0.243 e. The van der Waals surface area contributed by atoms with Crippen LogP contribution in [0.25, 0.3) is 0 Å². The SMILES string of the molecule is O=C(/C=C/[C@@H]1CC1(c1ccc(F)cc1)c1ccc(F)cc1)NCCCCc1cncnc1. The molecule has 1 atom stereocenters. The molecule has 1 aromatic heterocycles. The van der Waals surface area contributed by atoms with Gasteiger partial charge in [-0.2, -0.15) is 0 Å². The van der Waals surface area contributed by atoms with Gasteiger partial charge < -0.3 is 5.32 Å². The van der Waals surface area contributed by atoms with Crippen molar-refractivity contribution in [2.24, 2.45) is 5.92 Å². The standard InChI is InChI=1S/C26H25F2N3O/c27-23-9-4-20(5-10-23)26(21-6-11-24(28)12-7-21)15-22(26)8-13-25(32)31-14-2-1-3-19-16-29-18-30-17-19/h4-13,16-18,22H,1-3,14-15H2,(H,31,32)/b13-8+/t22-/m1/s1. The Morgan fingerprint density at radius 3 is 2.16 bits per heavy atom. The van der Waals surface area contributed by atoms with Gasteiger partial charge in [-0.3, -0.25) is 4.79 Å². The Bertz CT molecular complexity index is 1020. The van der Waals surface area contributed by atoms with E-state index < -0.39 is 0 Å². The van der Waals surface area contributed by atoms with Gasteiger partial charge >= 0.3 is 0 Å². The number of aryl methyl sites for hydroxylation is 1. The zero-order valence-corrected chi connectivity index (χ0v) is 17.7. The minimum Gasteiger partial charge on any atom is -0.353 e. The monoisotopic (exact) mass is 433 g/mol. The second-order valence-corrected chi connectivity index (χ2v) is 8.15. The third-order valence-electron chi connectivity index (χ3n) is 6.02. The molecule has 164 valence electrons. The highest BCUT2D eigenvalue weighted by molar-refractivity contribution is 5.87. The molecule has 1 aliphatic carbocycles. The van der Waals surface area contributed by atoms with E-state index in [-0.39, 0.29) is 28.9 Å². The van der Waals surface area contributed by atoms with Crippen LogP contribution in [0, 0.1) is 17.6 Å². The second kappa shape index (κ2) is 9.81. The van der Waals surface area contributed by atoms with E-state index in [0.29, 0.717) is 6.54 Å². The second-order valence-electron chi connectivity index (χ2n) is 8.15. The number of benzene rings is 2. The molecule has 0 radical (unpaired) electrons. The van der Waals surface area contributed by atoms with E-state index in [9.17, 15) is 13.6 Å². The number of unbranched alkanes of at least 4 members (excludes halogenated alkanes) is 1. The van der Waals surface area contributed by atoms with Crippen molar-refractivity contribution in [1.82, 2.24) is 15.3 Å². The van der Waals surface area contributed by atoms with E-state index in [1.54, 1.807) is 42.7 Å². The minimum absolute atomic E-state index is 0.0854. The molecule has 4 nitrogen and oxygen atoms in total. The molecule has 0 unspecified atom stereocenters. The summed E-state index contributed by atoms with van der Waals surface area (Å²) >= 11 is 0. The van der Waals surface area contributed by atoms with Crippen LogP contribution in [0.3, 0.4) is 0 Å². The van der Waals surface area contributed by atoms with Gasteiger partial charge in [-0.15, -0.1) is 0 Å². The lowest BCUT2D eigenvalue weighted by Crippen LogP contribution is -2.22. The molecule has 1 fully saturated rings. The molecule has 4 rings (SSSR count). The van der Waals surface area contributed by atoms with Crippen molar-refractivity contribution in [2.75, 3.05) is 6.54 Å². The molecule has 1 amide bonds. The fourth-order valence-electron chi connectivity index (χ4n) is 4.23. The molecule has 1 aliphatic rings. The summed E-state index contributed by atoms with van der Waals surface area (Å²) in [5.41, 5.74) is 2.65. The number of aromatic nitrogens is 2. The Labute approximate surface area is 186 Å². The summed E-state index contributed by atoms with van der Waals surface area (Å²) in [7, 11) is 0. The van der Waals surface area contributed by atoms with Gasteiger partial charge in [0.05, 0.1) is 0 Å². The first-order chi connectivity index (χ1) is 15.6. The van der Waals surface area contributed by atoms with Gasteiger partial charge in [0.1, 0.15) is 18.0 Å². The van der Waals surface area contributed by atoms with Gasteiger partial charge in [-0.1, -0.05) is 30.3 Å². The molecule has 1 heterocycles. The van der Waals surface area contributed by atoms with Crippen LogP contribution in [0.15, 0.2) is 79.4 Å². The third-order valence-corrected chi connectivity index (χ3v) is 6.02. The maximum absolute atomic E-state index is 13.4. The smallest absolute Gasteiger partial charge is 0.243 e.